The van der Waals surface area contributed by atoms with Crippen LogP contribution in [0.5, 0.6) is 5.75 Å². The smallest absolute Gasteiger partial charge is 0.121 e. The second-order valence-corrected chi connectivity index (χ2v) is 6.31. The molecule has 2 aliphatic rings. The van der Waals surface area contributed by atoms with Gasteiger partial charge < -0.3 is 15.4 Å². The standard InChI is InChI=1S/C17H26N2O/c18-15-7-4-10-19(12-15)16-8-3-9-17(11-16)20-13-14-5-1-2-6-14/h3,8-9,11,14-15H,1-2,4-7,10,12-13,18H2. The molecule has 0 spiro atoms. The maximum atomic E-state index is 6.07. The van der Waals surface area contributed by atoms with Crippen molar-refractivity contribution >= 4 is 5.69 Å². The van der Waals surface area contributed by atoms with Crippen LogP contribution in [0, 0.1) is 5.92 Å². The Labute approximate surface area is 122 Å². The van der Waals surface area contributed by atoms with Gasteiger partial charge >= 0.3 is 0 Å². The van der Waals surface area contributed by atoms with Gasteiger partial charge in [0.05, 0.1) is 6.61 Å². The molecule has 3 nitrogen and oxygen atoms in total. The summed E-state index contributed by atoms with van der Waals surface area (Å²) in [5.74, 6) is 1.77. The van der Waals surface area contributed by atoms with Gasteiger partial charge in [-0.25, -0.2) is 0 Å². The lowest BCUT2D eigenvalue weighted by Crippen LogP contribution is -2.42. The van der Waals surface area contributed by atoms with Crippen LogP contribution in [0.25, 0.3) is 0 Å². The molecule has 1 atom stereocenters. The summed E-state index contributed by atoms with van der Waals surface area (Å²) >= 11 is 0. The summed E-state index contributed by atoms with van der Waals surface area (Å²) in [4.78, 5) is 2.39. The van der Waals surface area contributed by atoms with E-state index in [9.17, 15) is 0 Å². The fourth-order valence-electron chi connectivity index (χ4n) is 3.41. The average molecular weight is 274 g/mol. The molecule has 1 saturated carbocycles. The normalized spacial score (nSPS) is 24.1. The first-order chi connectivity index (χ1) is 9.81. The van der Waals surface area contributed by atoms with Gasteiger partial charge in [0, 0.05) is 30.9 Å². The summed E-state index contributed by atoms with van der Waals surface area (Å²) in [5.41, 5.74) is 7.32. The fraction of sp³-hybridized carbons (Fsp3) is 0.647. The van der Waals surface area contributed by atoms with E-state index in [2.05, 4.69) is 29.2 Å². The molecular weight excluding hydrogens is 248 g/mol. The Morgan fingerprint density at radius 2 is 2.00 bits per heavy atom. The molecule has 0 radical (unpaired) electrons. The van der Waals surface area contributed by atoms with Crippen LogP contribution in [-0.4, -0.2) is 25.7 Å². The largest absolute Gasteiger partial charge is 0.493 e. The molecule has 1 heterocycles. The van der Waals surface area contributed by atoms with Crippen LogP contribution in [0.2, 0.25) is 0 Å². The first kappa shape index (κ1) is 13.7. The number of benzene rings is 1. The van der Waals surface area contributed by atoms with Crippen molar-refractivity contribution in [3.63, 3.8) is 0 Å². The highest BCUT2D eigenvalue weighted by Gasteiger charge is 2.18. The van der Waals surface area contributed by atoms with Crippen molar-refractivity contribution in [1.82, 2.24) is 0 Å². The van der Waals surface area contributed by atoms with Crippen molar-refractivity contribution < 1.29 is 4.74 Å². The monoisotopic (exact) mass is 274 g/mol. The molecule has 2 N–H and O–H groups in total. The Bertz CT molecular complexity index is 429. The number of anilines is 1. The molecule has 1 aliphatic heterocycles. The summed E-state index contributed by atoms with van der Waals surface area (Å²) in [6, 6.07) is 8.82. The zero-order valence-electron chi connectivity index (χ0n) is 12.3. The molecule has 3 heteroatoms. The highest BCUT2D eigenvalue weighted by atomic mass is 16.5. The van der Waals surface area contributed by atoms with Crippen molar-refractivity contribution in [2.75, 3.05) is 24.6 Å². The minimum atomic E-state index is 0.312. The molecule has 1 unspecified atom stereocenters. The molecule has 110 valence electrons. The van der Waals surface area contributed by atoms with Crippen LogP contribution in [0.15, 0.2) is 24.3 Å². The third kappa shape index (κ3) is 3.45. The third-order valence-corrected chi connectivity index (χ3v) is 4.60. The number of piperidine rings is 1. The Hall–Kier alpha value is -1.22. The van der Waals surface area contributed by atoms with Gasteiger partial charge in [0.2, 0.25) is 0 Å². The molecule has 20 heavy (non-hydrogen) atoms. The Kier molecular flexibility index (Phi) is 4.46. The van der Waals surface area contributed by atoms with Crippen LogP contribution in [0.1, 0.15) is 38.5 Å². The van der Waals surface area contributed by atoms with Gasteiger partial charge in [0.25, 0.3) is 0 Å². The summed E-state index contributed by atoms with van der Waals surface area (Å²) in [5, 5.41) is 0. The van der Waals surface area contributed by atoms with Gasteiger partial charge in [0.15, 0.2) is 0 Å². The summed E-state index contributed by atoms with van der Waals surface area (Å²) < 4.78 is 5.99. The lowest BCUT2D eigenvalue weighted by molar-refractivity contribution is 0.252. The van der Waals surface area contributed by atoms with E-state index in [0.29, 0.717) is 6.04 Å². The number of nitrogens with two attached hydrogens (primary N) is 1. The van der Waals surface area contributed by atoms with Crippen molar-refractivity contribution in [2.45, 2.75) is 44.6 Å². The van der Waals surface area contributed by atoms with E-state index >= 15 is 0 Å². The zero-order chi connectivity index (χ0) is 13.8. The number of nitrogens with zero attached hydrogens (tertiary/aromatic N) is 1. The van der Waals surface area contributed by atoms with E-state index in [0.717, 1.165) is 37.8 Å². The quantitative estimate of drug-likeness (QED) is 0.916. The maximum Gasteiger partial charge on any atom is 0.121 e. The first-order valence-corrected chi connectivity index (χ1v) is 8.04. The zero-order valence-corrected chi connectivity index (χ0v) is 12.3. The van der Waals surface area contributed by atoms with E-state index in [-0.39, 0.29) is 0 Å². The van der Waals surface area contributed by atoms with Gasteiger partial charge in [-0.1, -0.05) is 18.9 Å². The van der Waals surface area contributed by atoms with E-state index in [1.165, 1.54) is 37.8 Å². The number of rotatable bonds is 4. The van der Waals surface area contributed by atoms with Crippen LogP contribution in [0.4, 0.5) is 5.69 Å². The molecule has 1 aromatic carbocycles. The molecule has 0 aromatic heterocycles. The SMILES string of the molecule is NC1CCCN(c2cccc(OCC3CCCC3)c2)C1. The van der Waals surface area contributed by atoms with Crippen molar-refractivity contribution in [1.29, 1.82) is 0 Å². The number of hydrogen-bond donors (Lipinski definition) is 1. The highest BCUT2D eigenvalue weighted by molar-refractivity contribution is 5.51. The van der Waals surface area contributed by atoms with Gasteiger partial charge in [-0.15, -0.1) is 0 Å². The van der Waals surface area contributed by atoms with Gasteiger partial charge in [-0.2, -0.15) is 0 Å². The molecule has 0 bridgehead atoms. The van der Waals surface area contributed by atoms with Crippen molar-refractivity contribution in [3.8, 4) is 5.75 Å². The minimum absolute atomic E-state index is 0.312. The van der Waals surface area contributed by atoms with Crippen molar-refractivity contribution in [3.05, 3.63) is 24.3 Å². The number of ether oxygens (including phenoxy) is 1. The van der Waals surface area contributed by atoms with Crippen LogP contribution >= 0.6 is 0 Å². The molecule has 1 saturated heterocycles. The van der Waals surface area contributed by atoms with E-state index in [4.69, 9.17) is 10.5 Å². The summed E-state index contributed by atoms with van der Waals surface area (Å²) in [6.45, 7) is 2.95. The topological polar surface area (TPSA) is 38.5 Å². The van der Waals surface area contributed by atoms with Crippen molar-refractivity contribution in [2.24, 2.45) is 11.7 Å². The lowest BCUT2D eigenvalue weighted by atomic mass is 10.1. The fourth-order valence-corrected chi connectivity index (χ4v) is 3.41. The van der Waals surface area contributed by atoms with E-state index in [1.807, 2.05) is 0 Å². The van der Waals surface area contributed by atoms with E-state index in [1.54, 1.807) is 0 Å². The molecule has 0 amide bonds. The first-order valence-electron chi connectivity index (χ1n) is 8.04. The lowest BCUT2D eigenvalue weighted by Gasteiger charge is -2.32. The summed E-state index contributed by atoms with van der Waals surface area (Å²) in [6.07, 6.45) is 7.75. The Morgan fingerprint density at radius 1 is 1.15 bits per heavy atom. The molecular formula is C17H26N2O. The van der Waals surface area contributed by atoms with Gasteiger partial charge in [-0.3, -0.25) is 0 Å². The van der Waals surface area contributed by atoms with E-state index < -0.39 is 0 Å². The predicted octanol–water partition coefficient (Wildman–Crippen LogP) is 3.18. The molecule has 3 rings (SSSR count). The summed E-state index contributed by atoms with van der Waals surface area (Å²) in [7, 11) is 0. The van der Waals surface area contributed by atoms with Crippen LogP contribution in [-0.2, 0) is 0 Å². The Morgan fingerprint density at radius 3 is 2.80 bits per heavy atom. The Balaban J connectivity index is 1.59. The average Bonchev–Trinajstić information content (AvgIpc) is 2.99. The van der Waals surface area contributed by atoms with Crippen LogP contribution in [0.3, 0.4) is 0 Å². The number of hydrogen-bond acceptors (Lipinski definition) is 3. The minimum Gasteiger partial charge on any atom is -0.493 e. The van der Waals surface area contributed by atoms with Gasteiger partial charge in [0.1, 0.15) is 5.75 Å². The molecule has 2 fully saturated rings. The second kappa shape index (κ2) is 6.49. The molecule has 1 aromatic rings. The molecule has 1 aliphatic carbocycles. The third-order valence-electron chi connectivity index (χ3n) is 4.60. The second-order valence-electron chi connectivity index (χ2n) is 6.31. The van der Waals surface area contributed by atoms with Gasteiger partial charge in [-0.05, 0) is 43.7 Å². The predicted molar refractivity (Wildman–Crippen MR) is 83.3 cm³/mol. The highest BCUT2D eigenvalue weighted by Crippen LogP contribution is 2.27. The maximum absolute atomic E-state index is 6.07. The van der Waals surface area contributed by atoms with Crippen LogP contribution < -0.4 is 15.4 Å².